The van der Waals surface area contributed by atoms with Crippen LogP contribution in [0.1, 0.15) is 0 Å². The number of alkyl halides is 3. The highest BCUT2D eigenvalue weighted by Gasteiger charge is 2.29. The smallest absolute Gasteiger partial charge is 0.245 e. The zero-order valence-electron chi connectivity index (χ0n) is 6.75. The fourth-order valence-electron chi connectivity index (χ4n) is 0.427. The molecule has 5 heteroatoms. The van der Waals surface area contributed by atoms with Crippen molar-refractivity contribution in [3.05, 3.63) is 12.3 Å². The molecule has 0 bridgehead atoms. The van der Waals surface area contributed by atoms with Crippen LogP contribution in [0.2, 0.25) is 19.6 Å². The summed E-state index contributed by atoms with van der Waals surface area (Å²) >= 11 is 16.6. The van der Waals surface area contributed by atoms with E-state index in [1.165, 1.54) is 0 Å². The van der Waals surface area contributed by atoms with E-state index >= 15 is 0 Å². The molecule has 0 radical (unpaired) electrons. The van der Waals surface area contributed by atoms with Crippen molar-refractivity contribution >= 4 is 43.1 Å². The van der Waals surface area contributed by atoms with Crippen molar-refractivity contribution in [3.63, 3.8) is 0 Å². The maximum atomic E-state index is 5.52. The summed E-state index contributed by atoms with van der Waals surface area (Å²) in [6.07, 6.45) is 0. The number of hydrogen-bond donors (Lipinski definition) is 0. The van der Waals surface area contributed by atoms with E-state index in [0.717, 1.165) is 0 Å². The molecular weight excluding hydrogens is 223 g/mol. The zero-order chi connectivity index (χ0) is 9.28. The molecule has 0 fully saturated rings. The van der Waals surface area contributed by atoms with Crippen molar-refractivity contribution in [3.8, 4) is 0 Å². The third-order valence-corrected chi connectivity index (χ3v) is 2.24. The average Bonchev–Trinajstić information content (AvgIpc) is 1.56. The van der Waals surface area contributed by atoms with Gasteiger partial charge in [-0.2, -0.15) is 0 Å². The second-order valence-corrected chi connectivity index (χ2v) is 9.85. The maximum Gasteiger partial charge on any atom is 0.245 e. The molecule has 0 atom stereocenters. The Morgan fingerprint density at radius 1 is 1.27 bits per heavy atom. The van der Waals surface area contributed by atoms with Gasteiger partial charge in [-0.15, -0.1) is 0 Å². The van der Waals surface area contributed by atoms with Gasteiger partial charge in [-0.25, -0.2) is 0 Å². The van der Waals surface area contributed by atoms with E-state index in [-0.39, 0.29) is 5.76 Å². The molecule has 0 aliphatic carbocycles. The van der Waals surface area contributed by atoms with E-state index in [1.54, 1.807) is 0 Å². The predicted octanol–water partition coefficient (Wildman–Crippen LogP) is 3.72. The van der Waals surface area contributed by atoms with Gasteiger partial charge < -0.3 is 4.43 Å². The first-order valence-corrected chi connectivity index (χ1v) is 7.62. The van der Waals surface area contributed by atoms with Gasteiger partial charge in [-0.3, -0.25) is 0 Å². The number of allylic oxidation sites excluding steroid dienone is 1. The van der Waals surface area contributed by atoms with Crippen LogP contribution in [0.15, 0.2) is 12.3 Å². The summed E-state index contributed by atoms with van der Waals surface area (Å²) in [6, 6.07) is 0. The van der Waals surface area contributed by atoms with E-state index < -0.39 is 12.1 Å². The summed E-state index contributed by atoms with van der Waals surface area (Å²) in [6.45, 7) is 9.51. The van der Waals surface area contributed by atoms with Gasteiger partial charge in [0.25, 0.3) is 0 Å². The maximum absolute atomic E-state index is 5.52. The standard InChI is InChI=1S/C6H11Cl3OSi/c1-5(6(7,8)9)10-11(2,3)4/h1H2,2-4H3. The fraction of sp³-hybridized carbons (Fsp3) is 0.667. The van der Waals surface area contributed by atoms with E-state index in [4.69, 9.17) is 39.2 Å². The highest BCUT2D eigenvalue weighted by atomic mass is 35.6. The van der Waals surface area contributed by atoms with Crippen LogP contribution in [-0.2, 0) is 4.43 Å². The summed E-state index contributed by atoms with van der Waals surface area (Å²) in [5, 5.41) is 0. The van der Waals surface area contributed by atoms with Crippen LogP contribution in [0.5, 0.6) is 0 Å². The minimum Gasteiger partial charge on any atom is -0.545 e. The van der Waals surface area contributed by atoms with Gasteiger partial charge in [0.05, 0.1) is 0 Å². The van der Waals surface area contributed by atoms with Crippen molar-refractivity contribution in [1.82, 2.24) is 0 Å². The van der Waals surface area contributed by atoms with Crippen LogP contribution < -0.4 is 0 Å². The monoisotopic (exact) mass is 232 g/mol. The number of rotatable bonds is 2. The molecule has 0 saturated carbocycles. The van der Waals surface area contributed by atoms with Crippen LogP contribution >= 0.6 is 34.8 Å². The number of hydrogen-bond acceptors (Lipinski definition) is 1. The third-order valence-electron chi connectivity index (χ3n) is 0.746. The predicted molar refractivity (Wildman–Crippen MR) is 53.9 cm³/mol. The molecule has 1 nitrogen and oxygen atoms in total. The van der Waals surface area contributed by atoms with Crippen LogP contribution in [0.25, 0.3) is 0 Å². The summed E-state index contributed by atoms with van der Waals surface area (Å²) in [5.74, 6) is 0.210. The van der Waals surface area contributed by atoms with Gasteiger partial charge in [0.2, 0.25) is 12.1 Å². The highest BCUT2D eigenvalue weighted by Crippen LogP contribution is 2.35. The average molecular weight is 234 g/mol. The lowest BCUT2D eigenvalue weighted by molar-refractivity contribution is 0.415. The Hall–Kier alpha value is 0.627. The molecule has 0 unspecified atom stereocenters. The normalized spacial score (nSPS) is 12.9. The van der Waals surface area contributed by atoms with Gasteiger partial charge in [-0.05, 0) is 19.6 Å². The van der Waals surface area contributed by atoms with Crippen LogP contribution in [0.3, 0.4) is 0 Å². The molecule has 0 aliphatic heterocycles. The molecule has 0 heterocycles. The Kier molecular flexibility index (Phi) is 3.77. The molecule has 11 heavy (non-hydrogen) atoms. The van der Waals surface area contributed by atoms with Gasteiger partial charge >= 0.3 is 0 Å². The first-order valence-electron chi connectivity index (χ1n) is 3.08. The molecule has 0 aromatic carbocycles. The summed E-state index contributed by atoms with van der Waals surface area (Å²) in [7, 11) is -1.68. The summed E-state index contributed by atoms with van der Waals surface area (Å²) in [4.78, 5) is 0. The van der Waals surface area contributed by atoms with Gasteiger partial charge in [-0.1, -0.05) is 41.4 Å². The molecule has 0 N–H and O–H groups in total. The third kappa shape index (κ3) is 5.85. The molecule has 0 spiro atoms. The van der Waals surface area contributed by atoms with Crippen molar-refractivity contribution in [2.75, 3.05) is 0 Å². The topological polar surface area (TPSA) is 9.23 Å². The van der Waals surface area contributed by atoms with Crippen LogP contribution in [-0.4, -0.2) is 12.1 Å². The van der Waals surface area contributed by atoms with Crippen molar-refractivity contribution in [1.29, 1.82) is 0 Å². The SMILES string of the molecule is C=C(O[Si](C)(C)C)C(Cl)(Cl)Cl. The lowest BCUT2D eigenvalue weighted by atomic mass is 10.6. The van der Waals surface area contributed by atoms with Crippen molar-refractivity contribution in [2.45, 2.75) is 23.4 Å². The molecule has 0 aliphatic rings. The quantitative estimate of drug-likeness (QED) is 0.401. The molecule has 0 amide bonds. The van der Waals surface area contributed by atoms with E-state index in [9.17, 15) is 0 Å². The first kappa shape index (κ1) is 11.6. The van der Waals surface area contributed by atoms with Gasteiger partial charge in [0, 0.05) is 0 Å². The fourth-order valence-corrected chi connectivity index (χ4v) is 1.63. The molecule has 0 rings (SSSR count). The van der Waals surface area contributed by atoms with Gasteiger partial charge in [0.1, 0.15) is 5.76 Å². The largest absolute Gasteiger partial charge is 0.545 e. The zero-order valence-corrected chi connectivity index (χ0v) is 10.0. The minimum atomic E-state index is -1.68. The summed E-state index contributed by atoms with van der Waals surface area (Å²) < 4.78 is 3.85. The minimum absolute atomic E-state index is 0.210. The van der Waals surface area contributed by atoms with E-state index in [0.29, 0.717) is 0 Å². The Bertz CT molecular complexity index is 156. The molecular formula is C6H11Cl3OSi. The Morgan fingerprint density at radius 2 is 1.64 bits per heavy atom. The van der Waals surface area contributed by atoms with Crippen molar-refractivity contribution < 1.29 is 4.43 Å². The highest BCUT2D eigenvalue weighted by molar-refractivity contribution is 6.72. The Morgan fingerprint density at radius 3 is 1.73 bits per heavy atom. The molecule has 66 valence electrons. The van der Waals surface area contributed by atoms with Crippen molar-refractivity contribution in [2.24, 2.45) is 0 Å². The van der Waals surface area contributed by atoms with Crippen LogP contribution in [0.4, 0.5) is 0 Å². The molecule has 0 saturated heterocycles. The van der Waals surface area contributed by atoms with E-state index in [1.807, 2.05) is 19.6 Å². The second kappa shape index (κ2) is 3.56. The Balaban J connectivity index is 4.11. The van der Waals surface area contributed by atoms with Gasteiger partial charge in [0.15, 0.2) is 0 Å². The molecule has 0 aromatic rings. The van der Waals surface area contributed by atoms with Crippen LogP contribution in [0, 0.1) is 0 Å². The van der Waals surface area contributed by atoms with E-state index in [2.05, 4.69) is 6.58 Å². The lowest BCUT2D eigenvalue weighted by Crippen LogP contribution is -2.28. The lowest BCUT2D eigenvalue weighted by Gasteiger charge is -2.24. The Labute approximate surface area is 83.4 Å². The molecule has 0 aromatic heterocycles. The summed E-state index contributed by atoms with van der Waals surface area (Å²) in [5.41, 5.74) is 0. The number of halogens is 3. The first-order chi connectivity index (χ1) is 4.63. The second-order valence-electron chi connectivity index (χ2n) is 3.14.